The number of aromatic nitrogens is 4. The molecule has 0 radical (unpaired) electrons. The van der Waals surface area contributed by atoms with Crippen LogP contribution in [0, 0.1) is 11.7 Å². The van der Waals surface area contributed by atoms with Crippen LogP contribution in [0.3, 0.4) is 0 Å². The molecule has 164 valence electrons. The number of aryl methyl sites for hydroxylation is 1. The molecule has 32 heavy (non-hydrogen) atoms. The van der Waals surface area contributed by atoms with Gasteiger partial charge in [-0.15, -0.1) is 0 Å². The average molecular weight is 512 g/mol. The van der Waals surface area contributed by atoms with Crippen molar-refractivity contribution in [1.29, 1.82) is 0 Å². The van der Waals surface area contributed by atoms with Gasteiger partial charge in [0.25, 0.3) is 0 Å². The third kappa shape index (κ3) is 5.00. The Morgan fingerprint density at radius 2 is 1.94 bits per heavy atom. The zero-order valence-electron chi connectivity index (χ0n) is 17.6. The molecule has 0 aliphatic heterocycles. The fourth-order valence-corrected chi connectivity index (χ4v) is 3.91. The van der Waals surface area contributed by atoms with Crippen molar-refractivity contribution in [1.82, 2.24) is 19.9 Å². The van der Waals surface area contributed by atoms with E-state index in [0.29, 0.717) is 35.2 Å². The summed E-state index contributed by atoms with van der Waals surface area (Å²) in [6.45, 7) is 3.01. The molecule has 2 aromatic heterocycles. The molecule has 0 fully saturated rings. The summed E-state index contributed by atoms with van der Waals surface area (Å²) < 4.78 is 14.7. The summed E-state index contributed by atoms with van der Waals surface area (Å²) in [6.07, 6.45) is 3.43. The van der Waals surface area contributed by atoms with Crippen LogP contribution in [-0.4, -0.2) is 27.0 Å². The number of halogens is 1. The molecule has 0 bridgehead atoms. The summed E-state index contributed by atoms with van der Waals surface area (Å²) in [5.41, 5.74) is 7.51. The van der Waals surface area contributed by atoms with Gasteiger partial charge in [-0.25, -0.2) is 9.77 Å². The fraction of sp³-hybridized carbons (Fsp3) is 0.174. The van der Waals surface area contributed by atoms with Crippen LogP contribution in [0.15, 0.2) is 65.4 Å². The molecular weight excluding hydrogens is 490 g/mol. The third-order valence-corrected chi connectivity index (χ3v) is 5.86. The molecule has 4 aromatic rings. The summed E-state index contributed by atoms with van der Waals surface area (Å²) >= 11 is 9.04. The van der Waals surface area contributed by atoms with Gasteiger partial charge in [-0.2, -0.15) is 5.10 Å². The van der Waals surface area contributed by atoms with E-state index in [1.165, 1.54) is 5.56 Å². The Labute approximate surface area is 199 Å². The molecule has 0 spiro atoms. The number of rotatable bonds is 8. The van der Waals surface area contributed by atoms with Gasteiger partial charge >= 0.3 is 0 Å². The summed E-state index contributed by atoms with van der Waals surface area (Å²) in [7, 11) is 1.63. The van der Waals surface area contributed by atoms with Crippen molar-refractivity contribution in [2.24, 2.45) is 0 Å². The lowest BCUT2D eigenvalue weighted by Gasteiger charge is -2.16. The van der Waals surface area contributed by atoms with Crippen LogP contribution in [-0.2, 0) is 13.2 Å². The van der Waals surface area contributed by atoms with E-state index in [1.807, 2.05) is 36.4 Å². The maximum absolute atomic E-state index is 6.03. The largest absolute Gasteiger partial charge is 0.493 e. The van der Waals surface area contributed by atoms with Gasteiger partial charge in [0.2, 0.25) is 4.77 Å². The SMILES string of the molecule is COc1cc(CNn2c(-c3ccncc3)n[nH]c2=S)c(Br)cc1OCc1cccc(C)c1. The van der Waals surface area contributed by atoms with Crippen molar-refractivity contribution in [3.05, 3.63) is 86.9 Å². The first kappa shape index (κ1) is 22.0. The van der Waals surface area contributed by atoms with E-state index in [1.54, 1.807) is 24.2 Å². The van der Waals surface area contributed by atoms with Crippen LogP contribution in [0.2, 0.25) is 0 Å². The fourth-order valence-electron chi connectivity index (χ4n) is 3.25. The first-order valence-corrected chi connectivity index (χ1v) is 11.1. The molecule has 0 amide bonds. The second-order valence-corrected chi connectivity index (χ2v) is 8.37. The molecule has 7 nitrogen and oxygen atoms in total. The number of aromatic amines is 1. The summed E-state index contributed by atoms with van der Waals surface area (Å²) in [4.78, 5) is 4.05. The molecule has 2 aromatic carbocycles. The van der Waals surface area contributed by atoms with Gasteiger partial charge in [-0.3, -0.25) is 4.98 Å². The molecule has 0 saturated carbocycles. The molecule has 9 heteroatoms. The normalized spacial score (nSPS) is 10.7. The summed E-state index contributed by atoms with van der Waals surface area (Å²) in [5.74, 6) is 2.00. The van der Waals surface area contributed by atoms with E-state index in [-0.39, 0.29) is 0 Å². The highest BCUT2D eigenvalue weighted by molar-refractivity contribution is 9.10. The lowest BCUT2D eigenvalue weighted by atomic mass is 10.1. The first-order valence-electron chi connectivity index (χ1n) is 9.91. The second-order valence-electron chi connectivity index (χ2n) is 7.13. The minimum atomic E-state index is 0.460. The predicted molar refractivity (Wildman–Crippen MR) is 130 cm³/mol. The molecule has 2 heterocycles. The number of nitrogens with one attached hydrogen (secondary N) is 2. The molecule has 0 saturated heterocycles. The van der Waals surface area contributed by atoms with E-state index in [2.05, 4.69) is 55.6 Å². The van der Waals surface area contributed by atoms with Gasteiger partial charge in [-0.1, -0.05) is 45.8 Å². The topological polar surface area (TPSA) is 77.0 Å². The quantitative estimate of drug-likeness (QED) is 0.308. The predicted octanol–water partition coefficient (Wildman–Crippen LogP) is 5.40. The van der Waals surface area contributed by atoms with E-state index < -0.39 is 0 Å². The van der Waals surface area contributed by atoms with Gasteiger partial charge < -0.3 is 14.9 Å². The van der Waals surface area contributed by atoms with Gasteiger partial charge in [0, 0.05) is 22.4 Å². The lowest BCUT2D eigenvalue weighted by molar-refractivity contribution is 0.284. The zero-order valence-corrected chi connectivity index (χ0v) is 20.0. The Kier molecular flexibility index (Phi) is 6.87. The van der Waals surface area contributed by atoms with E-state index >= 15 is 0 Å². The number of benzene rings is 2. The van der Waals surface area contributed by atoms with Crippen LogP contribution in [0.1, 0.15) is 16.7 Å². The molecule has 0 aliphatic carbocycles. The van der Waals surface area contributed by atoms with Gasteiger partial charge in [0.1, 0.15) is 6.61 Å². The molecule has 0 unspecified atom stereocenters. The lowest BCUT2D eigenvalue weighted by Crippen LogP contribution is -2.16. The van der Waals surface area contributed by atoms with E-state index in [0.717, 1.165) is 21.2 Å². The number of methoxy groups -OCH3 is 1. The molecule has 4 rings (SSSR count). The Morgan fingerprint density at radius 1 is 1.12 bits per heavy atom. The zero-order chi connectivity index (χ0) is 22.5. The number of nitrogens with zero attached hydrogens (tertiary/aromatic N) is 3. The van der Waals surface area contributed by atoms with Crippen LogP contribution in [0.4, 0.5) is 0 Å². The Morgan fingerprint density at radius 3 is 2.69 bits per heavy atom. The van der Waals surface area contributed by atoms with Crippen LogP contribution >= 0.6 is 28.1 Å². The Hall–Kier alpha value is -3.17. The van der Waals surface area contributed by atoms with Crippen LogP contribution in [0.5, 0.6) is 11.5 Å². The van der Waals surface area contributed by atoms with Gasteiger partial charge in [-0.05, 0) is 54.5 Å². The Balaban J connectivity index is 1.52. The number of H-pyrrole nitrogens is 1. The first-order chi connectivity index (χ1) is 15.5. The molecule has 0 aliphatic rings. The second kappa shape index (κ2) is 9.97. The van der Waals surface area contributed by atoms with Crippen molar-refractivity contribution in [2.45, 2.75) is 20.1 Å². The minimum absolute atomic E-state index is 0.460. The highest BCUT2D eigenvalue weighted by Gasteiger charge is 2.13. The van der Waals surface area contributed by atoms with Gasteiger partial charge in [0.05, 0.1) is 13.7 Å². The number of pyridine rings is 1. The van der Waals surface area contributed by atoms with Crippen LogP contribution in [0.25, 0.3) is 11.4 Å². The van der Waals surface area contributed by atoms with Crippen LogP contribution < -0.4 is 14.9 Å². The van der Waals surface area contributed by atoms with Crippen molar-refractivity contribution < 1.29 is 9.47 Å². The molecule has 0 atom stereocenters. The standard InChI is InChI=1S/C23H22BrN5O2S/c1-15-4-3-5-16(10-15)14-31-21-12-19(24)18(11-20(21)30-2)13-26-29-22(27-28-23(29)32)17-6-8-25-9-7-17/h3-12,26H,13-14H2,1-2H3,(H,28,32). The van der Waals surface area contributed by atoms with E-state index in [9.17, 15) is 0 Å². The summed E-state index contributed by atoms with van der Waals surface area (Å²) in [5, 5.41) is 7.16. The van der Waals surface area contributed by atoms with Crippen molar-refractivity contribution in [3.63, 3.8) is 0 Å². The monoisotopic (exact) mass is 511 g/mol. The number of hydrogen-bond acceptors (Lipinski definition) is 6. The van der Waals surface area contributed by atoms with Crippen molar-refractivity contribution in [3.8, 4) is 22.9 Å². The summed E-state index contributed by atoms with van der Waals surface area (Å²) in [6, 6.07) is 15.9. The van der Waals surface area contributed by atoms with E-state index in [4.69, 9.17) is 21.7 Å². The van der Waals surface area contributed by atoms with Crippen molar-refractivity contribution >= 4 is 28.1 Å². The average Bonchev–Trinajstić information content (AvgIpc) is 3.18. The van der Waals surface area contributed by atoms with Crippen molar-refractivity contribution in [2.75, 3.05) is 12.5 Å². The van der Waals surface area contributed by atoms with Gasteiger partial charge in [0.15, 0.2) is 17.3 Å². The highest BCUT2D eigenvalue weighted by Crippen LogP contribution is 2.34. The third-order valence-electron chi connectivity index (χ3n) is 4.85. The minimum Gasteiger partial charge on any atom is -0.493 e. The Bertz CT molecular complexity index is 1270. The maximum Gasteiger partial charge on any atom is 0.214 e. The smallest absolute Gasteiger partial charge is 0.214 e. The molecule has 2 N–H and O–H groups in total. The maximum atomic E-state index is 6.03. The highest BCUT2D eigenvalue weighted by atomic mass is 79.9. The number of ether oxygens (including phenoxy) is 2. The number of hydrogen-bond donors (Lipinski definition) is 2. The molecular formula is C23H22BrN5O2S.